The predicted molar refractivity (Wildman–Crippen MR) is 58.4 cm³/mol. The number of aryl methyl sites for hydroxylation is 1. The largest absolute Gasteiger partial charge is 0.320 e. The van der Waals surface area contributed by atoms with Gasteiger partial charge < -0.3 is 10.4 Å². The molecule has 2 aromatic rings. The van der Waals surface area contributed by atoms with E-state index in [9.17, 15) is 0 Å². The van der Waals surface area contributed by atoms with E-state index in [1.54, 1.807) is 4.57 Å². The average molecular weight is 200 g/mol. The zero-order valence-corrected chi connectivity index (χ0v) is 8.46. The second-order valence-corrected chi connectivity index (χ2v) is 3.22. The molecule has 0 atom stereocenters. The van der Waals surface area contributed by atoms with E-state index in [-0.39, 0.29) is 0 Å². The van der Waals surface area contributed by atoms with E-state index in [1.807, 2.05) is 49.6 Å². The second-order valence-electron chi connectivity index (χ2n) is 3.22. The third-order valence-electron chi connectivity index (χ3n) is 2.18. The van der Waals surface area contributed by atoms with Crippen LogP contribution in [0.4, 0.5) is 0 Å². The lowest BCUT2D eigenvalue weighted by Gasteiger charge is -2.02. The minimum atomic E-state index is 0.511. The van der Waals surface area contributed by atoms with Crippen molar-refractivity contribution in [3.05, 3.63) is 48.2 Å². The summed E-state index contributed by atoms with van der Waals surface area (Å²) in [5, 5.41) is 3.61. The molecule has 1 aromatic carbocycles. The first-order valence-corrected chi connectivity index (χ1v) is 4.64. The third kappa shape index (κ3) is 1.88. The van der Waals surface area contributed by atoms with Gasteiger partial charge in [-0.2, -0.15) is 0 Å². The van der Waals surface area contributed by atoms with Crippen LogP contribution in [0.15, 0.2) is 47.7 Å². The summed E-state index contributed by atoms with van der Waals surface area (Å²) in [6, 6.07) is 11.9. The number of hydrogen-bond donors (Lipinski definition) is 1. The van der Waals surface area contributed by atoms with Crippen molar-refractivity contribution in [1.29, 1.82) is 0 Å². The molecule has 0 aliphatic carbocycles. The van der Waals surface area contributed by atoms with Gasteiger partial charge in [0.15, 0.2) is 0 Å². The predicted octanol–water partition coefficient (Wildman–Crippen LogP) is 0.861. The average Bonchev–Trinajstić information content (AvgIpc) is 2.31. The van der Waals surface area contributed by atoms with Gasteiger partial charge in [-0.25, -0.2) is 4.98 Å². The third-order valence-corrected chi connectivity index (χ3v) is 2.18. The van der Waals surface area contributed by atoms with Crippen molar-refractivity contribution in [3.8, 4) is 11.3 Å². The van der Waals surface area contributed by atoms with Crippen molar-refractivity contribution >= 4 is 0 Å². The number of nitrogens with zero attached hydrogens (tertiary/aromatic N) is 3. The Morgan fingerprint density at radius 1 is 1.20 bits per heavy atom. The smallest absolute Gasteiger partial charge is 0.246 e. The summed E-state index contributed by atoms with van der Waals surface area (Å²) >= 11 is 0. The molecule has 0 aliphatic heterocycles. The van der Waals surface area contributed by atoms with Crippen LogP contribution < -0.4 is 11.5 Å². The molecule has 0 saturated heterocycles. The fourth-order valence-corrected chi connectivity index (χ4v) is 1.36. The summed E-state index contributed by atoms with van der Waals surface area (Å²) in [7, 11) is 1.85. The van der Waals surface area contributed by atoms with Crippen LogP contribution in [0.1, 0.15) is 0 Å². The highest BCUT2D eigenvalue weighted by Gasteiger charge is 1.98. The van der Waals surface area contributed by atoms with E-state index in [0.29, 0.717) is 5.62 Å². The van der Waals surface area contributed by atoms with Crippen molar-refractivity contribution in [1.82, 2.24) is 9.55 Å². The molecule has 0 bridgehead atoms. The Kier molecular flexibility index (Phi) is 2.49. The van der Waals surface area contributed by atoms with E-state index >= 15 is 0 Å². The van der Waals surface area contributed by atoms with Gasteiger partial charge in [0.2, 0.25) is 5.62 Å². The molecule has 15 heavy (non-hydrogen) atoms. The van der Waals surface area contributed by atoms with E-state index in [1.165, 1.54) is 0 Å². The monoisotopic (exact) mass is 200 g/mol. The van der Waals surface area contributed by atoms with Crippen LogP contribution in [-0.4, -0.2) is 9.55 Å². The summed E-state index contributed by atoms with van der Waals surface area (Å²) in [6.07, 6.45) is 1.89. The molecule has 4 nitrogen and oxygen atoms in total. The van der Waals surface area contributed by atoms with Gasteiger partial charge in [-0.05, 0) is 6.07 Å². The Labute approximate surface area is 87.7 Å². The molecule has 0 aliphatic rings. The second kappa shape index (κ2) is 3.96. The molecule has 1 heterocycles. The Bertz CT molecular complexity index is 514. The topological polar surface area (TPSA) is 56.2 Å². The van der Waals surface area contributed by atoms with Gasteiger partial charge >= 0.3 is 0 Å². The lowest BCUT2D eigenvalue weighted by Crippen LogP contribution is -2.23. The molecule has 76 valence electrons. The zero-order chi connectivity index (χ0) is 10.7. The first-order valence-electron chi connectivity index (χ1n) is 4.64. The van der Waals surface area contributed by atoms with Gasteiger partial charge in [0.1, 0.15) is 0 Å². The van der Waals surface area contributed by atoms with Gasteiger partial charge in [0, 0.05) is 18.8 Å². The molecule has 4 heteroatoms. The van der Waals surface area contributed by atoms with Crippen LogP contribution in [-0.2, 0) is 7.05 Å². The van der Waals surface area contributed by atoms with Crippen LogP contribution >= 0.6 is 0 Å². The lowest BCUT2D eigenvalue weighted by atomic mass is 10.1. The molecule has 0 spiro atoms. The summed E-state index contributed by atoms with van der Waals surface area (Å²) in [5.74, 6) is 5.24. The molecule has 0 saturated carbocycles. The summed E-state index contributed by atoms with van der Waals surface area (Å²) < 4.78 is 1.77. The maximum atomic E-state index is 5.24. The minimum Gasteiger partial charge on any atom is -0.320 e. The molecular weight excluding hydrogens is 188 g/mol. The highest BCUT2D eigenvalue weighted by Crippen LogP contribution is 2.13. The standard InChI is InChI=1S/C11H12N4/c1-15-8-7-10(13-11(15)14-12)9-5-3-2-4-6-9/h2-8H,12H2,1H3/b14-11-. The number of rotatable bonds is 1. The van der Waals surface area contributed by atoms with Gasteiger partial charge in [0.05, 0.1) is 5.69 Å². The van der Waals surface area contributed by atoms with Gasteiger partial charge in [-0.3, -0.25) is 0 Å². The highest BCUT2D eigenvalue weighted by atomic mass is 15.2. The molecule has 1 aromatic heterocycles. The van der Waals surface area contributed by atoms with Crippen LogP contribution in [0.5, 0.6) is 0 Å². The Hall–Kier alpha value is -2.10. The normalized spacial score (nSPS) is 11.7. The maximum Gasteiger partial charge on any atom is 0.246 e. The molecule has 0 radical (unpaired) electrons. The number of benzene rings is 1. The minimum absolute atomic E-state index is 0.511. The SMILES string of the molecule is Cn1ccc(-c2ccccc2)n/c1=N/N. The van der Waals surface area contributed by atoms with Crippen LogP contribution in [0.25, 0.3) is 11.3 Å². The van der Waals surface area contributed by atoms with Crippen molar-refractivity contribution in [2.24, 2.45) is 18.0 Å². The fourth-order valence-electron chi connectivity index (χ4n) is 1.36. The van der Waals surface area contributed by atoms with Crippen molar-refractivity contribution < 1.29 is 0 Å². The first-order chi connectivity index (χ1) is 7.31. The summed E-state index contributed by atoms with van der Waals surface area (Å²) in [6.45, 7) is 0. The molecule has 0 fully saturated rings. The summed E-state index contributed by atoms with van der Waals surface area (Å²) in [5.41, 5.74) is 2.44. The number of hydrogen-bond acceptors (Lipinski definition) is 3. The fraction of sp³-hybridized carbons (Fsp3) is 0.0909. The van der Waals surface area contributed by atoms with E-state index < -0.39 is 0 Å². The maximum absolute atomic E-state index is 5.24. The Morgan fingerprint density at radius 3 is 2.60 bits per heavy atom. The van der Waals surface area contributed by atoms with E-state index in [4.69, 9.17) is 5.84 Å². The van der Waals surface area contributed by atoms with Gasteiger partial charge in [-0.15, -0.1) is 5.10 Å². The quantitative estimate of drug-likeness (QED) is 0.548. The van der Waals surface area contributed by atoms with E-state index in [0.717, 1.165) is 11.3 Å². The van der Waals surface area contributed by atoms with Crippen molar-refractivity contribution in [2.75, 3.05) is 0 Å². The molecule has 0 unspecified atom stereocenters. The molecule has 2 N–H and O–H groups in total. The van der Waals surface area contributed by atoms with Gasteiger partial charge in [0.25, 0.3) is 0 Å². The van der Waals surface area contributed by atoms with Crippen LogP contribution in [0.3, 0.4) is 0 Å². The lowest BCUT2D eigenvalue weighted by molar-refractivity contribution is 0.765. The Morgan fingerprint density at radius 2 is 1.93 bits per heavy atom. The zero-order valence-electron chi connectivity index (χ0n) is 8.46. The highest BCUT2D eigenvalue weighted by molar-refractivity contribution is 5.57. The van der Waals surface area contributed by atoms with Crippen molar-refractivity contribution in [3.63, 3.8) is 0 Å². The number of aromatic nitrogens is 2. The first kappa shape index (κ1) is 9.45. The molecule has 2 rings (SSSR count). The Balaban J connectivity index is 2.57. The van der Waals surface area contributed by atoms with E-state index in [2.05, 4.69) is 10.1 Å². The summed E-state index contributed by atoms with van der Waals surface area (Å²) in [4.78, 5) is 4.33. The van der Waals surface area contributed by atoms with Crippen LogP contribution in [0, 0.1) is 0 Å². The molecular formula is C11H12N4. The van der Waals surface area contributed by atoms with Crippen molar-refractivity contribution in [2.45, 2.75) is 0 Å². The van der Waals surface area contributed by atoms with Gasteiger partial charge in [-0.1, -0.05) is 30.3 Å². The van der Waals surface area contributed by atoms with Crippen LogP contribution in [0.2, 0.25) is 0 Å². The number of nitrogens with two attached hydrogens (primary N) is 1. The molecule has 0 amide bonds.